The van der Waals surface area contributed by atoms with E-state index in [1.807, 2.05) is 0 Å². The van der Waals surface area contributed by atoms with Crippen molar-refractivity contribution in [1.29, 1.82) is 0 Å². The Hall–Kier alpha value is -1.34. The molecule has 0 fully saturated rings. The smallest absolute Gasteiger partial charge is 0.269 e. The molecule has 1 N–H and O–H groups in total. The van der Waals surface area contributed by atoms with Gasteiger partial charge in [-0.25, -0.2) is 8.70 Å². The van der Waals surface area contributed by atoms with Crippen molar-refractivity contribution in [3.8, 4) is 0 Å². The van der Waals surface area contributed by atoms with Crippen LogP contribution in [0.5, 0.6) is 0 Å². The normalized spacial score (nSPS) is 11.4. The molecule has 2 aromatic carbocycles. The highest BCUT2D eigenvalue weighted by molar-refractivity contribution is 7.87. The fourth-order valence-electron chi connectivity index (χ4n) is 1.63. The quantitative estimate of drug-likeness (QED) is 0.679. The maximum absolute atomic E-state index is 13.9. The third-order valence-electron chi connectivity index (χ3n) is 2.43. The summed E-state index contributed by atoms with van der Waals surface area (Å²) in [7, 11) is -4.73. The lowest BCUT2D eigenvalue weighted by Crippen LogP contribution is -2.26. The van der Waals surface area contributed by atoms with E-state index in [0.717, 1.165) is 12.1 Å². The molecule has 0 radical (unpaired) electrons. The van der Waals surface area contributed by atoms with Gasteiger partial charge in [-0.2, -0.15) is 8.42 Å². The van der Waals surface area contributed by atoms with Crippen LogP contribution in [0.3, 0.4) is 0 Å². The van der Waals surface area contributed by atoms with Crippen molar-refractivity contribution in [2.24, 2.45) is 0 Å². The van der Waals surface area contributed by atoms with Crippen LogP contribution in [-0.2, 0) is 10.3 Å². The molecule has 0 aliphatic rings. The number of halogens is 3. The molecule has 4 nitrogen and oxygen atoms in total. The second-order valence-corrected chi connectivity index (χ2v) is 5.87. The van der Waals surface area contributed by atoms with Gasteiger partial charge in [0.25, 0.3) is 0 Å². The molecule has 0 amide bonds. The molecule has 0 aromatic heterocycles. The number of anilines is 2. The number of nitrogens with zero attached hydrogens (tertiary/aromatic N) is 1. The van der Waals surface area contributed by atoms with Crippen LogP contribution in [0, 0.1) is 5.82 Å². The van der Waals surface area contributed by atoms with E-state index in [1.165, 1.54) is 12.1 Å². The summed E-state index contributed by atoms with van der Waals surface area (Å²) < 4.78 is 46.7. The summed E-state index contributed by atoms with van der Waals surface area (Å²) in [6.45, 7) is 0. The van der Waals surface area contributed by atoms with Crippen molar-refractivity contribution in [3.63, 3.8) is 0 Å². The molecular formula is C12H8Cl2FNO3S. The summed E-state index contributed by atoms with van der Waals surface area (Å²) >= 11 is 11.4. The van der Waals surface area contributed by atoms with E-state index >= 15 is 0 Å². The molecule has 0 atom stereocenters. The van der Waals surface area contributed by atoms with Crippen LogP contribution < -0.4 is 4.31 Å². The first-order valence-corrected chi connectivity index (χ1v) is 7.43. The third-order valence-corrected chi connectivity index (χ3v) is 4.02. The summed E-state index contributed by atoms with van der Waals surface area (Å²) in [6.07, 6.45) is 0. The van der Waals surface area contributed by atoms with Crippen LogP contribution >= 0.6 is 23.2 Å². The van der Waals surface area contributed by atoms with E-state index < -0.39 is 21.8 Å². The van der Waals surface area contributed by atoms with E-state index in [9.17, 15) is 17.4 Å². The summed E-state index contributed by atoms with van der Waals surface area (Å²) in [5.74, 6) is -0.930. The Labute approximate surface area is 125 Å². The van der Waals surface area contributed by atoms with Gasteiger partial charge in [-0.15, -0.1) is 0 Å². The highest BCUT2D eigenvalue weighted by Crippen LogP contribution is 2.35. The van der Waals surface area contributed by atoms with Gasteiger partial charge in [-0.1, -0.05) is 41.4 Å². The summed E-state index contributed by atoms with van der Waals surface area (Å²) in [4.78, 5) is 0. The van der Waals surface area contributed by atoms with Gasteiger partial charge in [-0.05, 0) is 24.3 Å². The van der Waals surface area contributed by atoms with Crippen molar-refractivity contribution in [2.75, 3.05) is 4.31 Å². The zero-order chi connectivity index (χ0) is 14.9. The lowest BCUT2D eigenvalue weighted by molar-refractivity contribution is 0.482. The summed E-state index contributed by atoms with van der Waals surface area (Å²) in [6, 6.07) is 9.44. The first-order chi connectivity index (χ1) is 9.30. The van der Waals surface area contributed by atoms with Gasteiger partial charge in [0.15, 0.2) is 0 Å². The Bertz CT molecular complexity index is 738. The average Bonchev–Trinajstić information content (AvgIpc) is 2.35. The molecule has 20 heavy (non-hydrogen) atoms. The maximum atomic E-state index is 13.9. The monoisotopic (exact) mass is 335 g/mol. The van der Waals surface area contributed by atoms with Gasteiger partial charge >= 0.3 is 10.3 Å². The number of hydrogen-bond donors (Lipinski definition) is 1. The highest BCUT2D eigenvalue weighted by atomic mass is 35.5. The first kappa shape index (κ1) is 15.1. The molecule has 106 valence electrons. The number of benzene rings is 2. The average molecular weight is 336 g/mol. The van der Waals surface area contributed by atoms with Gasteiger partial charge in [0.05, 0.1) is 21.4 Å². The SMILES string of the molecule is O=S(=O)(O)N(c1ccccc1)c1cc(Cl)c(Cl)cc1F. The van der Waals surface area contributed by atoms with Crippen LogP contribution in [-0.4, -0.2) is 13.0 Å². The van der Waals surface area contributed by atoms with E-state index in [2.05, 4.69) is 0 Å². The topological polar surface area (TPSA) is 57.6 Å². The van der Waals surface area contributed by atoms with Crippen molar-refractivity contribution < 1.29 is 17.4 Å². The van der Waals surface area contributed by atoms with Crippen molar-refractivity contribution in [3.05, 3.63) is 58.3 Å². The molecule has 0 aliphatic heterocycles. The molecular weight excluding hydrogens is 328 g/mol. The van der Waals surface area contributed by atoms with E-state index in [4.69, 9.17) is 23.2 Å². The first-order valence-electron chi connectivity index (χ1n) is 5.28. The van der Waals surface area contributed by atoms with Crippen LogP contribution in [0.1, 0.15) is 0 Å². The Balaban J connectivity index is 2.69. The van der Waals surface area contributed by atoms with Crippen LogP contribution in [0.2, 0.25) is 10.0 Å². The predicted octanol–water partition coefficient (Wildman–Crippen LogP) is 4.07. The zero-order valence-corrected chi connectivity index (χ0v) is 12.1. The number of hydrogen-bond acceptors (Lipinski definition) is 2. The molecule has 0 unspecified atom stereocenters. The fraction of sp³-hybridized carbons (Fsp3) is 0. The van der Waals surface area contributed by atoms with Crippen molar-refractivity contribution in [2.45, 2.75) is 0 Å². The minimum Gasteiger partial charge on any atom is -0.269 e. The second kappa shape index (κ2) is 5.57. The Morgan fingerprint density at radius 2 is 1.60 bits per heavy atom. The summed E-state index contributed by atoms with van der Waals surface area (Å²) in [5.41, 5.74) is -0.361. The Kier molecular flexibility index (Phi) is 4.19. The van der Waals surface area contributed by atoms with Crippen LogP contribution in [0.15, 0.2) is 42.5 Å². The zero-order valence-electron chi connectivity index (χ0n) is 9.79. The molecule has 0 saturated heterocycles. The minimum absolute atomic E-state index is 0.0346. The molecule has 0 heterocycles. The van der Waals surface area contributed by atoms with Crippen LogP contribution in [0.25, 0.3) is 0 Å². The second-order valence-electron chi connectivity index (χ2n) is 3.80. The van der Waals surface area contributed by atoms with Gasteiger partial charge in [0.2, 0.25) is 0 Å². The molecule has 0 saturated carbocycles. The molecule has 2 aromatic rings. The predicted molar refractivity (Wildman–Crippen MR) is 76.5 cm³/mol. The lowest BCUT2D eigenvalue weighted by Gasteiger charge is -2.21. The summed E-state index contributed by atoms with van der Waals surface area (Å²) in [5, 5.41) is -0.0936. The molecule has 2 rings (SSSR count). The fourth-order valence-corrected chi connectivity index (χ4v) is 2.71. The van der Waals surface area contributed by atoms with Gasteiger partial charge < -0.3 is 0 Å². The maximum Gasteiger partial charge on any atom is 0.364 e. The van der Waals surface area contributed by atoms with Crippen molar-refractivity contribution in [1.82, 2.24) is 0 Å². The van der Waals surface area contributed by atoms with Gasteiger partial charge in [0, 0.05) is 0 Å². The number of para-hydroxylation sites is 1. The van der Waals surface area contributed by atoms with E-state index in [0.29, 0.717) is 4.31 Å². The Morgan fingerprint density at radius 3 is 2.15 bits per heavy atom. The standard InChI is InChI=1S/C12H8Cl2FNO3S/c13-9-6-11(15)12(7-10(9)14)16(20(17,18)19)8-4-2-1-3-5-8/h1-7H,(H,17,18,19). The lowest BCUT2D eigenvalue weighted by atomic mass is 10.2. The molecule has 0 spiro atoms. The largest absolute Gasteiger partial charge is 0.364 e. The highest BCUT2D eigenvalue weighted by Gasteiger charge is 2.25. The third kappa shape index (κ3) is 3.04. The Morgan fingerprint density at radius 1 is 1.05 bits per heavy atom. The molecule has 8 heteroatoms. The van der Waals surface area contributed by atoms with Gasteiger partial charge in [0.1, 0.15) is 5.82 Å². The van der Waals surface area contributed by atoms with Crippen molar-refractivity contribution >= 4 is 44.9 Å². The van der Waals surface area contributed by atoms with E-state index in [1.54, 1.807) is 18.2 Å². The van der Waals surface area contributed by atoms with Gasteiger partial charge in [-0.3, -0.25) is 4.55 Å². The van der Waals surface area contributed by atoms with E-state index in [-0.39, 0.29) is 15.7 Å². The molecule has 0 bridgehead atoms. The molecule has 0 aliphatic carbocycles. The number of rotatable bonds is 3. The minimum atomic E-state index is -4.73. The van der Waals surface area contributed by atoms with Crippen LogP contribution in [0.4, 0.5) is 15.8 Å².